The molecule has 0 aliphatic rings. The maximum absolute atomic E-state index is 13.6. The summed E-state index contributed by atoms with van der Waals surface area (Å²) in [5.74, 6) is -0.503. The minimum absolute atomic E-state index is 0.0381. The van der Waals surface area contributed by atoms with Crippen LogP contribution in [0.25, 0.3) is 0 Å². The highest BCUT2D eigenvalue weighted by molar-refractivity contribution is 7.47. The van der Waals surface area contributed by atoms with Crippen molar-refractivity contribution in [1.82, 2.24) is 5.32 Å². The van der Waals surface area contributed by atoms with Gasteiger partial charge in [-0.05, 0) is 76.7 Å². The predicted molar refractivity (Wildman–Crippen MR) is 365 cm³/mol. The van der Waals surface area contributed by atoms with Gasteiger partial charge in [-0.2, -0.15) is 0 Å². The number of phosphoric acid groups is 1. The summed E-state index contributed by atoms with van der Waals surface area (Å²) in [7, 11) is 1.50. The summed E-state index contributed by atoms with van der Waals surface area (Å²) in [6.07, 6.45) is 82.3. The van der Waals surface area contributed by atoms with E-state index in [0.717, 1.165) is 89.9 Å². The van der Waals surface area contributed by atoms with Crippen molar-refractivity contribution in [3.63, 3.8) is 0 Å². The zero-order chi connectivity index (χ0) is 61.4. The summed E-state index contributed by atoms with van der Waals surface area (Å²) in [6.45, 7) is 7.02. The van der Waals surface area contributed by atoms with Crippen LogP contribution < -0.4 is 5.32 Å². The van der Waals surface area contributed by atoms with Crippen molar-refractivity contribution in [1.29, 1.82) is 0 Å². The molecule has 0 radical (unpaired) electrons. The Balaban J connectivity index is 5.07. The maximum Gasteiger partial charge on any atom is 0.472 e. The highest BCUT2D eigenvalue weighted by Crippen LogP contribution is 2.43. The third-order valence-electron chi connectivity index (χ3n) is 16.2. The number of likely N-dealkylation sites (N-methyl/N-ethyl adjacent to an activating group) is 1. The van der Waals surface area contributed by atoms with Crippen LogP contribution in [0.4, 0.5) is 0 Å². The average Bonchev–Trinajstić information content (AvgIpc) is 3.64. The highest BCUT2D eigenvalue weighted by Gasteiger charge is 2.30. The Kier molecular flexibility index (Phi) is 62.0. The molecule has 0 bridgehead atoms. The van der Waals surface area contributed by atoms with E-state index in [-0.39, 0.29) is 25.1 Å². The van der Waals surface area contributed by atoms with Gasteiger partial charge in [0.05, 0.1) is 33.8 Å². The highest BCUT2D eigenvalue weighted by atomic mass is 31.2. The van der Waals surface area contributed by atoms with Crippen LogP contribution in [0.2, 0.25) is 0 Å². The van der Waals surface area contributed by atoms with Gasteiger partial charge in [0.1, 0.15) is 19.3 Å². The Bertz CT molecular complexity index is 1620. The molecule has 0 aliphatic heterocycles. The van der Waals surface area contributed by atoms with E-state index in [1.807, 2.05) is 33.3 Å². The summed E-state index contributed by atoms with van der Waals surface area (Å²) in [5.41, 5.74) is 0. The Morgan fingerprint density at radius 2 is 0.726 bits per heavy atom. The topological polar surface area (TPSA) is 111 Å². The molecule has 0 aromatic carbocycles. The standard InChI is InChI=1S/C74H139N2O7P/c1-7-10-13-16-19-22-25-28-30-32-34-36-38-40-42-44-46-48-51-54-57-60-63-66-73(77)75-71(70-82-84(79,80)81-69-68-76(4,5)6)72(65-62-59-56-53-50-27-24-21-18-15-12-9-3)83-74(78)67-64-61-58-55-52-49-47-45-43-41-39-37-35-33-31-29-26-23-20-17-14-11-8-2/h19,22,28,30,34,36,40,42,62,65,71-72H,7-18,20-21,23-27,29,31-33,35,37-39,41,43-61,63-64,66-70H2,1-6H3,(H-,75,77,79,80)/p+1/b22-19-,30-28-,36-34-,42-40-,65-62+. The SMILES string of the molecule is CCCCC/C=C\C/C=C\C/C=C\C/C=C\CCCCCCCCCC(=O)NC(COP(=O)(O)OCC[N+](C)(C)C)C(/C=C/CCCCCCCCCCCC)OC(=O)CCCCCCCCCCCCCCCCCCCCCCCCC. The number of rotatable bonds is 66. The van der Waals surface area contributed by atoms with Gasteiger partial charge in [0.15, 0.2) is 0 Å². The van der Waals surface area contributed by atoms with Gasteiger partial charge >= 0.3 is 13.8 Å². The molecule has 0 spiro atoms. The van der Waals surface area contributed by atoms with Crippen molar-refractivity contribution >= 4 is 19.7 Å². The molecule has 84 heavy (non-hydrogen) atoms. The third kappa shape index (κ3) is 64.2. The number of allylic oxidation sites excluding steroid dienone is 9. The van der Waals surface area contributed by atoms with E-state index in [1.54, 1.807) is 0 Å². The van der Waals surface area contributed by atoms with Crippen LogP contribution in [0.3, 0.4) is 0 Å². The number of hydrogen-bond donors (Lipinski definition) is 2. The zero-order valence-corrected chi connectivity index (χ0v) is 57.3. The van der Waals surface area contributed by atoms with E-state index in [0.29, 0.717) is 23.9 Å². The molecule has 0 rings (SSSR count). The molecule has 3 unspecified atom stereocenters. The van der Waals surface area contributed by atoms with Crippen LogP contribution in [0.1, 0.15) is 348 Å². The Morgan fingerprint density at radius 1 is 0.417 bits per heavy atom. The van der Waals surface area contributed by atoms with Crippen LogP contribution in [0.5, 0.6) is 0 Å². The summed E-state index contributed by atoms with van der Waals surface area (Å²) >= 11 is 0. The van der Waals surface area contributed by atoms with Gasteiger partial charge in [-0.15, -0.1) is 0 Å². The number of carbonyl (C=O) groups excluding carboxylic acids is 2. The number of esters is 1. The number of nitrogens with zero attached hydrogens (tertiary/aromatic N) is 1. The van der Waals surface area contributed by atoms with Gasteiger partial charge in [-0.1, -0.05) is 319 Å². The predicted octanol–water partition coefficient (Wildman–Crippen LogP) is 23.0. The van der Waals surface area contributed by atoms with Crippen molar-refractivity contribution in [2.24, 2.45) is 0 Å². The second-order valence-corrected chi connectivity index (χ2v) is 27.2. The molecule has 3 atom stereocenters. The van der Waals surface area contributed by atoms with Crippen LogP contribution >= 0.6 is 7.82 Å². The molecule has 2 N–H and O–H groups in total. The first-order chi connectivity index (χ1) is 40.9. The van der Waals surface area contributed by atoms with Crippen molar-refractivity contribution < 1.29 is 37.3 Å². The molecule has 0 heterocycles. The molecule has 9 nitrogen and oxygen atoms in total. The fourth-order valence-electron chi connectivity index (χ4n) is 10.6. The number of quaternary nitrogens is 1. The number of hydrogen-bond acceptors (Lipinski definition) is 6. The molecule has 0 saturated carbocycles. The number of unbranched alkanes of at least 4 members (excludes halogenated alkanes) is 42. The van der Waals surface area contributed by atoms with Gasteiger partial charge in [-0.3, -0.25) is 18.6 Å². The molecule has 0 aromatic rings. The smallest absolute Gasteiger partial charge is 0.456 e. The van der Waals surface area contributed by atoms with Crippen molar-refractivity contribution in [2.75, 3.05) is 40.9 Å². The van der Waals surface area contributed by atoms with Crippen molar-refractivity contribution in [2.45, 2.75) is 360 Å². The lowest BCUT2D eigenvalue weighted by atomic mass is 10.0. The van der Waals surface area contributed by atoms with E-state index in [1.165, 1.54) is 225 Å². The maximum atomic E-state index is 13.6. The number of carbonyl (C=O) groups is 2. The number of phosphoric ester groups is 1. The Hall–Kier alpha value is -2.29. The average molecular weight is 1200 g/mol. The fourth-order valence-corrected chi connectivity index (χ4v) is 11.4. The van der Waals surface area contributed by atoms with Crippen LogP contribution in [-0.2, 0) is 27.9 Å². The lowest BCUT2D eigenvalue weighted by Crippen LogP contribution is -2.47. The summed E-state index contributed by atoms with van der Waals surface area (Å²) < 4.78 is 30.8. The lowest BCUT2D eigenvalue weighted by molar-refractivity contribution is -0.870. The quantitative estimate of drug-likeness (QED) is 0.0205. The van der Waals surface area contributed by atoms with Gasteiger partial charge in [0, 0.05) is 12.8 Å². The van der Waals surface area contributed by atoms with E-state index >= 15 is 0 Å². The summed E-state index contributed by atoms with van der Waals surface area (Å²) in [5, 5.41) is 3.07. The first-order valence-electron chi connectivity index (χ1n) is 36.1. The van der Waals surface area contributed by atoms with Gasteiger partial charge in [-0.25, -0.2) is 4.57 Å². The van der Waals surface area contributed by atoms with Crippen molar-refractivity contribution in [3.05, 3.63) is 60.8 Å². The Labute approximate surface area is 521 Å². The monoisotopic (exact) mass is 1200 g/mol. The molecule has 0 aromatic heterocycles. The second kappa shape index (κ2) is 63.7. The normalized spacial score (nSPS) is 13.8. The zero-order valence-electron chi connectivity index (χ0n) is 56.4. The molecule has 0 saturated heterocycles. The molecule has 1 amide bonds. The number of amides is 1. The van der Waals surface area contributed by atoms with Gasteiger partial charge < -0.3 is 19.4 Å². The van der Waals surface area contributed by atoms with E-state index in [4.69, 9.17) is 13.8 Å². The van der Waals surface area contributed by atoms with Crippen LogP contribution in [0.15, 0.2) is 60.8 Å². The van der Waals surface area contributed by atoms with Crippen LogP contribution in [0, 0.1) is 0 Å². The van der Waals surface area contributed by atoms with Gasteiger partial charge in [0.2, 0.25) is 5.91 Å². The number of nitrogens with one attached hydrogen (secondary N) is 1. The fraction of sp³-hybridized carbons (Fsp3) is 0.838. The van der Waals surface area contributed by atoms with E-state index < -0.39 is 20.0 Å². The largest absolute Gasteiger partial charge is 0.472 e. The second-order valence-electron chi connectivity index (χ2n) is 25.8. The van der Waals surface area contributed by atoms with Crippen LogP contribution in [-0.4, -0.2) is 74.3 Å². The van der Waals surface area contributed by atoms with Crippen molar-refractivity contribution in [3.8, 4) is 0 Å². The first kappa shape index (κ1) is 81.7. The number of ether oxygens (including phenoxy) is 1. The van der Waals surface area contributed by atoms with Gasteiger partial charge in [0.25, 0.3) is 0 Å². The molecule has 492 valence electrons. The third-order valence-corrected chi connectivity index (χ3v) is 17.2. The minimum Gasteiger partial charge on any atom is -0.456 e. The summed E-state index contributed by atoms with van der Waals surface area (Å²) in [4.78, 5) is 37.9. The molecular weight excluding hydrogens is 1060 g/mol. The summed E-state index contributed by atoms with van der Waals surface area (Å²) in [6, 6.07) is -0.855. The van der Waals surface area contributed by atoms with E-state index in [9.17, 15) is 19.0 Å². The Morgan fingerprint density at radius 3 is 1.11 bits per heavy atom. The first-order valence-corrected chi connectivity index (χ1v) is 37.6. The lowest BCUT2D eigenvalue weighted by Gasteiger charge is -2.27. The molecular formula is C74H140N2O7P+. The molecule has 0 aliphatic carbocycles. The molecule has 0 fully saturated rings. The minimum atomic E-state index is -4.46. The molecule has 10 heteroatoms. The van der Waals surface area contributed by atoms with E-state index in [2.05, 4.69) is 74.7 Å².